The zero-order chi connectivity index (χ0) is 21.1. The monoisotopic (exact) mass is 424 g/mol. The van der Waals surface area contributed by atoms with Crippen LogP contribution < -0.4 is 9.64 Å². The van der Waals surface area contributed by atoms with Crippen LogP contribution in [0.25, 0.3) is 10.2 Å². The van der Waals surface area contributed by atoms with Crippen LogP contribution in [0.4, 0.5) is 5.13 Å². The summed E-state index contributed by atoms with van der Waals surface area (Å²) < 4.78 is 12.5. The SMILES string of the molecule is CCOc1cccc2sc(N(CC3CCCO3)C(=O)c3ccc(C(C)=O)cc3)nc12. The topological polar surface area (TPSA) is 68.7 Å². The molecule has 0 N–H and O–H groups in total. The molecule has 0 spiro atoms. The maximum Gasteiger partial charge on any atom is 0.260 e. The van der Waals surface area contributed by atoms with E-state index in [2.05, 4.69) is 0 Å². The lowest BCUT2D eigenvalue weighted by Gasteiger charge is -2.23. The van der Waals surface area contributed by atoms with E-state index in [0.29, 0.717) is 41.8 Å². The Hall–Kier alpha value is -2.77. The van der Waals surface area contributed by atoms with Crippen LogP contribution >= 0.6 is 11.3 Å². The van der Waals surface area contributed by atoms with Crippen molar-refractivity contribution in [2.75, 3.05) is 24.7 Å². The molecule has 1 amide bonds. The maximum atomic E-state index is 13.4. The van der Waals surface area contributed by atoms with E-state index in [1.807, 2.05) is 25.1 Å². The number of ketones is 1. The Kier molecular flexibility index (Phi) is 6.11. The number of thiazole rings is 1. The van der Waals surface area contributed by atoms with Gasteiger partial charge in [-0.25, -0.2) is 4.98 Å². The molecule has 0 bridgehead atoms. The number of benzene rings is 2. The molecule has 1 atom stereocenters. The predicted molar refractivity (Wildman–Crippen MR) is 118 cm³/mol. The van der Waals surface area contributed by atoms with Crippen molar-refractivity contribution in [2.24, 2.45) is 0 Å². The van der Waals surface area contributed by atoms with Crippen LogP contribution in [-0.4, -0.2) is 42.5 Å². The molecule has 1 fully saturated rings. The van der Waals surface area contributed by atoms with Gasteiger partial charge in [-0.1, -0.05) is 29.5 Å². The second kappa shape index (κ2) is 8.93. The number of ether oxygens (including phenoxy) is 2. The Labute approximate surface area is 179 Å². The number of amides is 1. The van der Waals surface area contributed by atoms with Crippen molar-refractivity contribution in [3.05, 3.63) is 53.6 Å². The molecule has 6 nitrogen and oxygen atoms in total. The van der Waals surface area contributed by atoms with E-state index in [-0.39, 0.29) is 17.8 Å². The first-order valence-electron chi connectivity index (χ1n) is 10.1. The lowest BCUT2D eigenvalue weighted by Crippen LogP contribution is -2.37. The Balaban J connectivity index is 1.70. The van der Waals surface area contributed by atoms with Crippen LogP contribution in [0.5, 0.6) is 5.75 Å². The van der Waals surface area contributed by atoms with Gasteiger partial charge in [0.25, 0.3) is 5.91 Å². The molecule has 1 aromatic heterocycles. The number of hydrogen-bond donors (Lipinski definition) is 0. The Morgan fingerprint density at radius 1 is 1.20 bits per heavy atom. The van der Waals surface area contributed by atoms with Crippen LogP contribution in [-0.2, 0) is 4.74 Å². The highest BCUT2D eigenvalue weighted by atomic mass is 32.1. The number of anilines is 1. The number of para-hydroxylation sites is 1. The van der Waals surface area contributed by atoms with Gasteiger partial charge in [-0.3, -0.25) is 14.5 Å². The second-order valence-corrected chi connectivity index (χ2v) is 8.23. The Morgan fingerprint density at radius 2 is 1.97 bits per heavy atom. The molecule has 2 heterocycles. The third kappa shape index (κ3) is 4.22. The fourth-order valence-corrected chi connectivity index (χ4v) is 4.53. The van der Waals surface area contributed by atoms with Gasteiger partial charge in [-0.05, 0) is 51.0 Å². The normalized spacial score (nSPS) is 16.0. The number of fused-ring (bicyclic) bond motifs is 1. The molecule has 0 saturated carbocycles. The molecule has 7 heteroatoms. The van der Waals surface area contributed by atoms with Gasteiger partial charge in [0, 0.05) is 17.7 Å². The smallest absolute Gasteiger partial charge is 0.260 e. The molecule has 1 unspecified atom stereocenters. The Bertz CT molecular complexity index is 1050. The molecule has 1 aliphatic rings. The van der Waals surface area contributed by atoms with Crippen molar-refractivity contribution >= 4 is 38.4 Å². The van der Waals surface area contributed by atoms with Crippen molar-refractivity contribution in [3.63, 3.8) is 0 Å². The predicted octanol–water partition coefficient (Wildman–Crippen LogP) is 4.72. The third-order valence-corrected chi connectivity index (χ3v) is 6.14. The summed E-state index contributed by atoms with van der Waals surface area (Å²) in [7, 11) is 0. The minimum absolute atomic E-state index is 0.0104. The number of carbonyl (C=O) groups excluding carboxylic acids is 2. The number of rotatable bonds is 7. The molecular formula is C23H24N2O4S. The van der Waals surface area contributed by atoms with Crippen molar-refractivity contribution < 1.29 is 19.1 Å². The van der Waals surface area contributed by atoms with Gasteiger partial charge in [0.05, 0.1) is 24.0 Å². The van der Waals surface area contributed by atoms with E-state index >= 15 is 0 Å². The van der Waals surface area contributed by atoms with Crippen LogP contribution in [0, 0.1) is 0 Å². The number of aromatic nitrogens is 1. The third-order valence-electron chi connectivity index (χ3n) is 5.10. The van der Waals surface area contributed by atoms with Crippen molar-refractivity contribution in [1.82, 2.24) is 4.98 Å². The fourth-order valence-electron chi connectivity index (χ4n) is 3.54. The number of carbonyl (C=O) groups is 2. The highest BCUT2D eigenvalue weighted by Crippen LogP contribution is 2.35. The summed E-state index contributed by atoms with van der Waals surface area (Å²) in [6.45, 7) is 5.15. The van der Waals surface area contributed by atoms with Gasteiger partial charge in [-0.15, -0.1) is 0 Å². The molecule has 1 saturated heterocycles. The molecule has 30 heavy (non-hydrogen) atoms. The van der Waals surface area contributed by atoms with Crippen molar-refractivity contribution in [3.8, 4) is 5.75 Å². The summed E-state index contributed by atoms with van der Waals surface area (Å²) in [6, 6.07) is 12.6. The van der Waals surface area contributed by atoms with Gasteiger partial charge >= 0.3 is 0 Å². The standard InChI is InChI=1S/C23H24N2O4S/c1-3-28-19-7-4-8-20-21(19)24-23(30-20)25(14-18-6-5-13-29-18)22(27)17-11-9-16(10-12-17)15(2)26/h4,7-12,18H,3,5-6,13-14H2,1-2H3. The van der Waals surface area contributed by atoms with Crippen LogP contribution in [0.1, 0.15) is 47.4 Å². The molecule has 3 aromatic rings. The van der Waals surface area contributed by atoms with Gasteiger partial charge in [0.15, 0.2) is 10.9 Å². The fraction of sp³-hybridized carbons (Fsp3) is 0.348. The largest absolute Gasteiger partial charge is 0.492 e. The maximum absolute atomic E-state index is 13.4. The first-order chi connectivity index (χ1) is 14.6. The Morgan fingerprint density at radius 3 is 2.63 bits per heavy atom. The van der Waals surface area contributed by atoms with Crippen molar-refractivity contribution in [2.45, 2.75) is 32.8 Å². The summed E-state index contributed by atoms with van der Waals surface area (Å²) in [4.78, 5) is 31.4. The lowest BCUT2D eigenvalue weighted by atomic mass is 10.1. The van der Waals surface area contributed by atoms with Crippen LogP contribution in [0.15, 0.2) is 42.5 Å². The average molecular weight is 425 g/mol. The van der Waals surface area contributed by atoms with Gasteiger partial charge in [0.1, 0.15) is 11.3 Å². The zero-order valence-corrected chi connectivity index (χ0v) is 17.9. The van der Waals surface area contributed by atoms with Gasteiger partial charge in [0.2, 0.25) is 0 Å². The first kappa shape index (κ1) is 20.5. The zero-order valence-electron chi connectivity index (χ0n) is 17.1. The minimum atomic E-state index is -0.155. The minimum Gasteiger partial charge on any atom is -0.492 e. The van der Waals surface area contributed by atoms with E-state index in [1.54, 1.807) is 29.2 Å². The lowest BCUT2D eigenvalue weighted by molar-refractivity contribution is 0.0916. The molecule has 2 aromatic carbocycles. The van der Waals surface area contributed by atoms with Crippen molar-refractivity contribution in [1.29, 1.82) is 0 Å². The quantitative estimate of drug-likeness (QED) is 0.513. The summed E-state index contributed by atoms with van der Waals surface area (Å²) in [6.07, 6.45) is 1.90. The van der Waals surface area contributed by atoms with E-state index in [4.69, 9.17) is 14.5 Å². The summed E-state index contributed by atoms with van der Waals surface area (Å²) >= 11 is 1.46. The van der Waals surface area contributed by atoms with Gasteiger partial charge in [-0.2, -0.15) is 0 Å². The molecule has 0 aliphatic carbocycles. The number of hydrogen-bond acceptors (Lipinski definition) is 6. The highest BCUT2D eigenvalue weighted by molar-refractivity contribution is 7.22. The van der Waals surface area contributed by atoms with Crippen LogP contribution in [0.3, 0.4) is 0 Å². The first-order valence-corrected chi connectivity index (χ1v) is 10.9. The molecule has 1 aliphatic heterocycles. The van der Waals surface area contributed by atoms with Crippen LogP contribution in [0.2, 0.25) is 0 Å². The van der Waals surface area contributed by atoms with E-state index in [0.717, 1.165) is 23.1 Å². The summed E-state index contributed by atoms with van der Waals surface area (Å²) in [5.74, 6) is 0.533. The summed E-state index contributed by atoms with van der Waals surface area (Å²) in [5, 5.41) is 0.619. The summed E-state index contributed by atoms with van der Waals surface area (Å²) in [5.41, 5.74) is 1.86. The number of Topliss-reactive ketones (excluding diaryl/α,β-unsaturated/α-hetero) is 1. The van der Waals surface area contributed by atoms with E-state index in [1.165, 1.54) is 18.3 Å². The highest BCUT2D eigenvalue weighted by Gasteiger charge is 2.27. The molecular weight excluding hydrogens is 400 g/mol. The van der Waals surface area contributed by atoms with Gasteiger partial charge < -0.3 is 9.47 Å². The van der Waals surface area contributed by atoms with E-state index in [9.17, 15) is 9.59 Å². The molecule has 156 valence electrons. The second-order valence-electron chi connectivity index (χ2n) is 7.22. The average Bonchev–Trinajstić information content (AvgIpc) is 3.42. The molecule has 4 rings (SSSR count). The number of nitrogens with zero attached hydrogens (tertiary/aromatic N) is 2. The van der Waals surface area contributed by atoms with E-state index < -0.39 is 0 Å². The molecule has 0 radical (unpaired) electrons.